The fourth-order valence-electron chi connectivity index (χ4n) is 2.94. The molecule has 0 aliphatic heterocycles. The van der Waals surface area contributed by atoms with Gasteiger partial charge in [-0.2, -0.15) is 0 Å². The van der Waals surface area contributed by atoms with Gasteiger partial charge in [-0.3, -0.25) is 9.79 Å². The third-order valence-corrected chi connectivity index (χ3v) is 4.50. The zero-order valence-electron chi connectivity index (χ0n) is 18.6. The SMILES string of the molecule is CCNC(=NCCCCCCCN(C)C)NCCc1cccc(C(=O)NC)c1.I. The molecule has 1 amide bonds. The Bertz CT molecular complexity index is 592. The Morgan fingerprint density at radius 1 is 1.07 bits per heavy atom. The molecule has 0 aromatic heterocycles. The maximum atomic E-state index is 11.7. The quantitative estimate of drug-likeness (QED) is 0.163. The molecule has 1 rings (SSSR count). The number of guanidine groups is 1. The van der Waals surface area contributed by atoms with E-state index in [2.05, 4.69) is 52.9 Å². The zero-order valence-corrected chi connectivity index (χ0v) is 20.9. The highest BCUT2D eigenvalue weighted by Gasteiger charge is 2.04. The summed E-state index contributed by atoms with van der Waals surface area (Å²) in [5, 5.41) is 9.35. The first-order chi connectivity index (χ1) is 13.6. The van der Waals surface area contributed by atoms with Crippen LogP contribution in [0.3, 0.4) is 0 Å². The highest BCUT2D eigenvalue weighted by Crippen LogP contribution is 2.06. The van der Waals surface area contributed by atoms with Crippen LogP contribution in [0.25, 0.3) is 0 Å². The lowest BCUT2D eigenvalue weighted by Crippen LogP contribution is -2.38. The second-order valence-corrected chi connectivity index (χ2v) is 7.29. The molecule has 166 valence electrons. The average molecular weight is 518 g/mol. The lowest BCUT2D eigenvalue weighted by molar-refractivity contribution is 0.0963. The van der Waals surface area contributed by atoms with E-state index in [1.165, 1.54) is 32.2 Å². The van der Waals surface area contributed by atoms with E-state index in [0.717, 1.165) is 44.0 Å². The molecule has 0 atom stereocenters. The molecule has 0 radical (unpaired) electrons. The van der Waals surface area contributed by atoms with Crippen molar-refractivity contribution >= 4 is 35.8 Å². The van der Waals surface area contributed by atoms with Crippen LogP contribution in [0.1, 0.15) is 54.9 Å². The van der Waals surface area contributed by atoms with Crippen molar-refractivity contribution in [3.05, 3.63) is 35.4 Å². The van der Waals surface area contributed by atoms with Gasteiger partial charge in [0.25, 0.3) is 5.91 Å². The third kappa shape index (κ3) is 13.5. The first-order valence-electron chi connectivity index (χ1n) is 10.5. The van der Waals surface area contributed by atoms with Gasteiger partial charge in [0.05, 0.1) is 0 Å². The topological polar surface area (TPSA) is 68.8 Å². The van der Waals surface area contributed by atoms with E-state index in [1.54, 1.807) is 7.05 Å². The third-order valence-electron chi connectivity index (χ3n) is 4.50. The largest absolute Gasteiger partial charge is 0.357 e. The zero-order chi connectivity index (χ0) is 20.6. The van der Waals surface area contributed by atoms with Crippen molar-refractivity contribution in [2.24, 2.45) is 4.99 Å². The maximum absolute atomic E-state index is 11.7. The first-order valence-corrected chi connectivity index (χ1v) is 10.5. The number of nitrogens with zero attached hydrogens (tertiary/aromatic N) is 2. The standard InChI is InChI=1S/C22H39N5O.HI/c1-5-24-22(25-15-9-7-6-8-10-17-27(3)4)26-16-14-19-12-11-13-20(18-19)21(28)23-2;/h11-13,18H,5-10,14-17H2,1-4H3,(H,23,28)(H2,24,25,26);1H. The van der Waals surface area contributed by atoms with Gasteiger partial charge in [-0.05, 0) is 64.5 Å². The van der Waals surface area contributed by atoms with E-state index < -0.39 is 0 Å². The Hall–Kier alpha value is -1.35. The van der Waals surface area contributed by atoms with Gasteiger partial charge < -0.3 is 20.9 Å². The van der Waals surface area contributed by atoms with Gasteiger partial charge >= 0.3 is 0 Å². The Morgan fingerprint density at radius 2 is 1.79 bits per heavy atom. The van der Waals surface area contributed by atoms with Gasteiger partial charge in [-0.1, -0.05) is 31.4 Å². The highest BCUT2D eigenvalue weighted by molar-refractivity contribution is 14.0. The Morgan fingerprint density at radius 3 is 2.48 bits per heavy atom. The summed E-state index contributed by atoms with van der Waals surface area (Å²) in [6.45, 7) is 5.75. The van der Waals surface area contributed by atoms with Gasteiger partial charge in [0.1, 0.15) is 0 Å². The Labute approximate surface area is 194 Å². The van der Waals surface area contributed by atoms with E-state index >= 15 is 0 Å². The molecule has 1 aromatic carbocycles. The van der Waals surface area contributed by atoms with E-state index in [9.17, 15) is 4.79 Å². The molecule has 0 bridgehead atoms. The van der Waals surface area contributed by atoms with Crippen LogP contribution in [0.4, 0.5) is 0 Å². The summed E-state index contributed by atoms with van der Waals surface area (Å²) in [5.41, 5.74) is 1.84. The summed E-state index contributed by atoms with van der Waals surface area (Å²) >= 11 is 0. The number of aliphatic imine (C=N–C) groups is 1. The molecular formula is C22H40IN5O. The van der Waals surface area contributed by atoms with Crippen molar-refractivity contribution in [3.8, 4) is 0 Å². The number of amides is 1. The predicted octanol–water partition coefficient (Wildman–Crippen LogP) is 3.27. The second-order valence-electron chi connectivity index (χ2n) is 7.29. The summed E-state index contributed by atoms with van der Waals surface area (Å²) in [6, 6.07) is 7.76. The van der Waals surface area contributed by atoms with Gasteiger partial charge in [0.2, 0.25) is 0 Å². The Kier molecular flexibility index (Phi) is 16.7. The first kappa shape index (κ1) is 27.6. The van der Waals surface area contributed by atoms with Crippen molar-refractivity contribution in [3.63, 3.8) is 0 Å². The molecule has 0 saturated carbocycles. The van der Waals surface area contributed by atoms with Crippen molar-refractivity contribution in [1.29, 1.82) is 0 Å². The molecule has 0 fully saturated rings. The van der Waals surface area contributed by atoms with Crippen molar-refractivity contribution in [1.82, 2.24) is 20.9 Å². The number of benzene rings is 1. The number of halogens is 1. The lowest BCUT2D eigenvalue weighted by Gasteiger charge is -2.12. The van der Waals surface area contributed by atoms with E-state index in [1.807, 2.05) is 18.2 Å². The van der Waals surface area contributed by atoms with Crippen molar-refractivity contribution in [2.75, 3.05) is 47.3 Å². The molecule has 0 aliphatic rings. The summed E-state index contributed by atoms with van der Waals surface area (Å²) in [4.78, 5) is 18.6. The maximum Gasteiger partial charge on any atom is 0.251 e. The van der Waals surface area contributed by atoms with Crippen LogP contribution in [-0.4, -0.2) is 64.1 Å². The lowest BCUT2D eigenvalue weighted by atomic mass is 10.1. The minimum absolute atomic E-state index is 0. The second kappa shape index (κ2) is 17.5. The molecule has 0 saturated heterocycles. The molecule has 0 heterocycles. The number of hydrogen-bond acceptors (Lipinski definition) is 3. The molecule has 0 unspecified atom stereocenters. The number of unbranched alkanes of at least 4 members (excludes halogenated alkanes) is 4. The summed E-state index contributed by atoms with van der Waals surface area (Å²) < 4.78 is 0. The number of carbonyl (C=O) groups excluding carboxylic acids is 1. The highest BCUT2D eigenvalue weighted by atomic mass is 127. The van der Waals surface area contributed by atoms with Crippen LogP contribution >= 0.6 is 24.0 Å². The van der Waals surface area contributed by atoms with Crippen LogP contribution in [0, 0.1) is 0 Å². The molecule has 3 N–H and O–H groups in total. The minimum Gasteiger partial charge on any atom is -0.357 e. The number of carbonyl (C=O) groups is 1. The van der Waals surface area contributed by atoms with Gasteiger partial charge in [0.15, 0.2) is 5.96 Å². The summed E-state index contributed by atoms with van der Waals surface area (Å²) in [5.74, 6) is 0.823. The van der Waals surface area contributed by atoms with Crippen LogP contribution in [0.15, 0.2) is 29.3 Å². The molecular weight excluding hydrogens is 477 g/mol. The number of hydrogen-bond donors (Lipinski definition) is 3. The van der Waals surface area contributed by atoms with Crippen LogP contribution in [-0.2, 0) is 6.42 Å². The molecule has 1 aromatic rings. The number of nitrogens with one attached hydrogen (secondary N) is 3. The number of rotatable bonds is 13. The normalized spacial score (nSPS) is 11.1. The van der Waals surface area contributed by atoms with Crippen LogP contribution in [0.2, 0.25) is 0 Å². The van der Waals surface area contributed by atoms with Crippen molar-refractivity contribution in [2.45, 2.75) is 45.4 Å². The fraction of sp³-hybridized carbons (Fsp3) is 0.636. The van der Waals surface area contributed by atoms with E-state index in [4.69, 9.17) is 0 Å². The fourth-order valence-corrected chi connectivity index (χ4v) is 2.94. The molecule has 6 nitrogen and oxygen atoms in total. The summed E-state index contributed by atoms with van der Waals surface area (Å²) in [6.07, 6.45) is 7.09. The molecule has 0 spiro atoms. The predicted molar refractivity (Wildman–Crippen MR) is 135 cm³/mol. The summed E-state index contributed by atoms with van der Waals surface area (Å²) in [7, 11) is 5.91. The average Bonchev–Trinajstić information content (AvgIpc) is 2.69. The van der Waals surface area contributed by atoms with Gasteiger partial charge in [-0.15, -0.1) is 24.0 Å². The van der Waals surface area contributed by atoms with Crippen molar-refractivity contribution < 1.29 is 4.79 Å². The van der Waals surface area contributed by atoms with E-state index in [-0.39, 0.29) is 29.9 Å². The smallest absolute Gasteiger partial charge is 0.251 e. The Balaban J connectivity index is 0.00000784. The molecule has 0 aliphatic carbocycles. The molecule has 29 heavy (non-hydrogen) atoms. The van der Waals surface area contributed by atoms with E-state index in [0.29, 0.717) is 5.56 Å². The van der Waals surface area contributed by atoms with Crippen LogP contribution < -0.4 is 16.0 Å². The molecule has 7 heteroatoms. The van der Waals surface area contributed by atoms with Gasteiger partial charge in [-0.25, -0.2) is 0 Å². The monoisotopic (exact) mass is 517 g/mol. The van der Waals surface area contributed by atoms with Gasteiger partial charge in [0, 0.05) is 32.2 Å². The minimum atomic E-state index is -0.0496. The van der Waals surface area contributed by atoms with Crippen LogP contribution in [0.5, 0.6) is 0 Å².